The summed E-state index contributed by atoms with van der Waals surface area (Å²) in [6, 6.07) is 14.1. The average molecular weight is 258 g/mol. The second kappa shape index (κ2) is 5.56. The van der Waals surface area contributed by atoms with Gasteiger partial charge in [0.15, 0.2) is 0 Å². The van der Waals surface area contributed by atoms with Gasteiger partial charge in [0.1, 0.15) is 11.9 Å². The quantitative estimate of drug-likeness (QED) is 0.676. The third-order valence-electron chi connectivity index (χ3n) is 2.50. The molecule has 0 bridgehead atoms. The highest BCUT2D eigenvalue weighted by molar-refractivity contribution is 7.98. The van der Waals surface area contributed by atoms with Gasteiger partial charge in [-0.15, -0.1) is 11.8 Å². The molecule has 0 saturated carbocycles. The lowest BCUT2D eigenvalue weighted by molar-refractivity contribution is 0.613. The van der Waals surface area contributed by atoms with E-state index in [1.807, 2.05) is 30.3 Å². The van der Waals surface area contributed by atoms with Crippen LogP contribution in [0, 0.1) is 17.1 Å². The molecule has 0 aliphatic carbocycles. The normalized spacial score (nSPS) is 10.0. The summed E-state index contributed by atoms with van der Waals surface area (Å²) in [6.07, 6.45) is 0. The van der Waals surface area contributed by atoms with E-state index in [9.17, 15) is 4.39 Å². The van der Waals surface area contributed by atoms with Crippen LogP contribution in [0.4, 0.5) is 10.1 Å². The molecule has 0 heterocycles. The van der Waals surface area contributed by atoms with E-state index in [1.165, 1.54) is 17.8 Å². The van der Waals surface area contributed by atoms with Crippen molar-refractivity contribution in [2.75, 3.05) is 5.73 Å². The molecule has 0 aliphatic heterocycles. The fraction of sp³-hybridized carbons (Fsp3) is 0.0714. The van der Waals surface area contributed by atoms with Gasteiger partial charge < -0.3 is 5.73 Å². The molecular formula is C14H11FN2S. The second-order valence-corrected chi connectivity index (χ2v) is 4.73. The number of nitrogen functional groups attached to an aromatic ring is 1. The van der Waals surface area contributed by atoms with E-state index in [0.29, 0.717) is 17.0 Å². The Kier molecular flexibility index (Phi) is 3.85. The van der Waals surface area contributed by atoms with E-state index in [-0.39, 0.29) is 5.56 Å². The van der Waals surface area contributed by atoms with Crippen molar-refractivity contribution in [2.45, 2.75) is 10.6 Å². The molecule has 0 fully saturated rings. The Bertz CT molecular complexity index is 605. The van der Waals surface area contributed by atoms with Gasteiger partial charge in [0.2, 0.25) is 0 Å². The van der Waals surface area contributed by atoms with Gasteiger partial charge in [-0.3, -0.25) is 0 Å². The van der Waals surface area contributed by atoms with Crippen molar-refractivity contribution < 1.29 is 4.39 Å². The first kappa shape index (κ1) is 12.5. The summed E-state index contributed by atoms with van der Waals surface area (Å²) in [5.41, 5.74) is 7.09. The Labute approximate surface area is 109 Å². The number of benzene rings is 2. The fourth-order valence-corrected chi connectivity index (χ4v) is 2.49. The highest BCUT2D eigenvalue weighted by atomic mass is 32.2. The van der Waals surface area contributed by atoms with Gasteiger partial charge in [0.25, 0.3) is 0 Å². The largest absolute Gasteiger partial charge is 0.398 e. The van der Waals surface area contributed by atoms with Crippen LogP contribution in [0.5, 0.6) is 0 Å². The van der Waals surface area contributed by atoms with Gasteiger partial charge >= 0.3 is 0 Å². The van der Waals surface area contributed by atoms with Crippen LogP contribution >= 0.6 is 11.8 Å². The van der Waals surface area contributed by atoms with Gasteiger partial charge in [0.05, 0.1) is 5.56 Å². The molecule has 2 aromatic carbocycles. The van der Waals surface area contributed by atoms with E-state index in [1.54, 1.807) is 12.1 Å². The Morgan fingerprint density at radius 2 is 1.94 bits per heavy atom. The van der Waals surface area contributed by atoms with Crippen LogP contribution in [0.25, 0.3) is 0 Å². The van der Waals surface area contributed by atoms with E-state index in [4.69, 9.17) is 11.0 Å². The molecule has 0 atom stereocenters. The number of anilines is 1. The molecule has 90 valence electrons. The molecule has 4 heteroatoms. The third-order valence-corrected chi connectivity index (χ3v) is 3.64. The third kappa shape index (κ3) is 2.63. The van der Waals surface area contributed by atoms with Crippen molar-refractivity contribution in [1.29, 1.82) is 5.26 Å². The molecule has 0 unspecified atom stereocenters. The lowest BCUT2D eigenvalue weighted by Crippen LogP contribution is -1.93. The van der Waals surface area contributed by atoms with Crippen LogP contribution in [0.1, 0.15) is 11.1 Å². The van der Waals surface area contributed by atoms with Crippen LogP contribution in [0.15, 0.2) is 47.4 Å². The number of nitrogens with zero attached hydrogens (tertiary/aromatic N) is 1. The molecular weight excluding hydrogens is 247 g/mol. The highest BCUT2D eigenvalue weighted by Gasteiger charge is 2.08. The Hall–Kier alpha value is -1.99. The minimum absolute atomic E-state index is 0.0779. The molecule has 2 nitrogen and oxygen atoms in total. The van der Waals surface area contributed by atoms with Crippen LogP contribution in [-0.4, -0.2) is 0 Å². The molecule has 0 aromatic heterocycles. The summed E-state index contributed by atoms with van der Waals surface area (Å²) < 4.78 is 13.8. The molecule has 0 aliphatic rings. The SMILES string of the molecule is N#Cc1cccc(CSc2ccccc2N)c1F. The van der Waals surface area contributed by atoms with Gasteiger partial charge in [-0.25, -0.2) is 4.39 Å². The number of hydrogen-bond acceptors (Lipinski definition) is 3. The topological polar surface area (TPSA) is 49.8 Å². The molecule has 0 amide bonds. The summed E-state index contributed by atoms with van der Waals surface area (Å²) >= 11 is 1.46. The summed E-state index contributed by atoms with van der Waals surface area (Å²) in [5.74, 6) is 0.0113. The van der Waals surface area contributed by atoms with Crippen molar-refractivity contribution in [3.63, 3.8) is 0 Å². The Morgan fingerprint density at radius 3 is 2.67 bits per heavy atom. The maximum Gasteiger partial charge on any atom is 0.144 e. The number of nitrogens with two attached hydrogens (primary N) is 1. The average Bonchev–Trinajstić information content (AvgIpc) is 2.39. The molecule has 0 spiro atoms. The van der Waals surface area contributed by atoms with Gasteiger partial charge in [-0.1, -0.05) is 24.3 Å². The van der Waals surface area contributed by atoms with Crippen molar-refractivity contribution in [1.82, 2.24) is 0 Å². The summed E-state index contributed by atoms with van der Waals surface area (Å²) in [7, 11) is 0. The van der Waals surface area contributed by atoms with Crippen LogP contribution in [0.3, 0.4) is 0 Å². The van der Waals surface area contributed by atoms with Crippen molar-refractivity contribution >= 4 is 17.4 Å². The summed E-state index contributed by atoms with van der Waals surface area (Å²) in [4.78, 5) is 0.916. The first-order valence-corrected chi connectivity index (χ1v) is 6.35. The zero-order chi connectivity index (χ0) is 13.0. The zero-order valence-corrected chi connectivity index (χ0v) is 10.4. The number of hydrogen-bond donors (Lipinski definition) is 1. The predicted octanol–water partition coefficient (Wildman–Crippen LogP) is 3.57. The molecule has 2 aromatic rings. The van der Waals surface area contributed by atoms with Crippen LogP contribution < -0.4 is 5.73 Å². The van der Waals surface area contributed by atoms with Gasteiger partial charge in [-0.05, 0) is 23.8 Å². The Morgan fingerprint density at radius 1 is 1.17 bits per heavy atom. The Balaban J connectivity index is 2.17. The molecule has 18 heavy (non-hydrogen) atoms. The maximum atomic E-state index is 13.8. The molecule has 0 radical (unpaired) electrons. The standard InChI is InChI=1S/C14H11FN2S/c15-14-10(8-16)4-3-5-11(14)9-18-13-7-2-1-6-12(13)17/h1-7H,9,17H2. The van der Waals surface area contributed by atoms with Gasteiger partial charge in [0, 0.05) is 16.3 Å². The lowest BCUT2D eigenvalue weighted by atomic mass is 10.1. The van der Waals surface area contributed by atoms with E-state index in [0.717, 1.165) is 4.90 Å². The fourth-order valence-electron chi connectivity index (χ4n) is 1.55. The summed E-state index contributed by atoms with van der Waals surface area (Å²) in [5, 5.41) is 8.76. The van der Waals surface area contributed by atoms with Crippen LogP contribution in [-0.2, 0) is 5.75 Å². The van der Waals surface area contributed by atoms with E-state index < -0.39 is 5.82 Å². The number of halogens is 1. The number of rotatable bonds is 3. The maximum absolute atomic E-state index is 13.8. The minimum atomic E-state index is -0.443. The number of para-hydroxylation sites is 1. The molecule has 2 rings (SSSR count). The van der Waals surface area contributed by atoms with Crippen molar-refractivity contribution in [3.05, 3.63) is 59.4 Å². The van der Waals surface area contributed by atoms with Gasteiger partial charge in [-0.2, -0.15) is 5.26 Å². The van der Waals surface area contributed by atoms with Crippen molar-refractivity contribution in [3.8, 4) is 6.07 Å². The minimum Gasteiger partial charge on any atom is -0.398 e. The zero-order valence-electron chi connectivity index (χ0n) is 9.56. The second-order valence-electron chi connectivity index (χ2n) is 3.72. The number of nitriles is 1. The van der Waals surface area contributed by atoms with Crippen molar-refractivity contribution in [2.24, 2.45) is 0 Å². The van der Waals surface area contributed by atoms with Crippen LogP contribution in [0.2, 0.25) is 0 Å². The predicted molar refractivity (Wildman–Crippen MR) is 71.5 cm³/mol. The first-order chi connectivity index (χ1) is 8.72. The van der Waals surface area contributed by atoms with E-state index in [2.05, 4.69) is 0 Å². The van der Waals surface area contributed by atoms with E-state index >= 15 is 0 Å². The molecule has 2 N–H and O–H groups in total. The summed E-state index contributed by atoms with van der Waals surface area (Å²) in [6.45, 7) is 0. The number of thioether (sulfide) groups is 1. The smallest absolute Gasteiger partial charge is 0.144 e. The monoisotopic (exact) mass is 258 g/mol. The first-order valence-electron chi connectivity index (χ1n) is 5.37. The highest BCUT2D eigenvalue weighted by Crippen LogP contribution is 2.28. The molecule has 0 saturated heterocycles. The lowest BCUT2D eigenvalue weighted by Gasteiger charge is -2.06.